The van der Waals surface area contributed by atoms with E-state index in [1.54, 1.807) is 17.0 Å². The summed E-state index contributed by atoms with van der Waals surface area (Å²) in [7, 11) is 0. The second-order valence-electron chi connectivity index (χ2n) is 18.4. The second kappa shape index (κ2) is 23.3. The highest BCUT2D eigenvalue weighted by atomic mass is 16.5. The minimum Gasteiger partial charge on any atom is -0.490 e. The molecule has 64 heavy (non-hydrogen) atoms. The maximum atomic E-state index is 12.6. The molecule has 2 amide bonds. The van der Waals surface area contributed by atoms with E-state index >= 15 is 0 Å². The summed E-state index contributed by atoms with van der Waals surface area (Å²) in [5, 5.41) is 20.5. The number of ether oxygens (including phenoxy) is 2. The second-order valence-corrected chi connectivity index (χ2v) is 18.4. The van der Waals surface area contributed by atoms with Crippen molar-refractivity contribution in [2.75, 3.05) is 18.0 Å². The molecule has 2 heterocycles. The Kier molecular flexibility index (Phi) is 17.4. The van der Waals surface area contributed by atoms with Crippen LogP contribution in [0, 0.1) is 50.4 Å². The molecule has 5 N–H and O–H groups in total. The third-order valence-corrected chi connectivity index (χ3v) is 13.5. The molecule has 0 radical (unpaired) electrons. The number of rotatable bonds is 7. The van der Waals surface area contributed by atoms with Gasteiger partial charge in [0.05, 0.1) is 35.5 Å². The lowest BCUT2D eigenvalue weighted by Crippen LogP contribution is -2.43. The van der Waals surface area contributed by atoms with Crippen molar-refractivity contribution in [3.05, 3.63) is 123 Å². The zero-order valence-corrected chi connectivity index (χ0v) is 38.4. The molecule has 3 saturated carbocycles. The first-order valence-corrected chi connectivity index (χ1v) is 23.5. The van der Waals surface area contributed by atoms with E-state index in [2.05, 4.69) is 67.7 Å². The quantitative estimate of drug-likeness (QED) is 0.165. The van der Waals surface area contributed by atoms with Gasteiger partial charge in [0.1, 0.15) is 11.5 Å². The molecule has 0 bridgehead atoms. The third kappa shape index (κ3) is 13.4. The van der Waals surface area contributed by atoms with Crippen molar-refractivity contribution in [1.82, 2.24) is 5.32 Å². The van der Waals surface area contributed by atoms with E-state index in [-0.39, 0.29) is 29.8 Å². The van der Waals surface area contributed by atoms with Crippen LogP contribution in [0.25, 0.3) is 0 Å². The first kappa shape index (κ1) is 47.8. The maximum absolute atomic E-state index is 12.6. The van der Waals surface area contributed by atoms with Crippen LogP contribution in [0.15, 0.2) is 78.9 Å². The van der Waals surface area contributed by atoms with Crippen LogP contribution >= 0.6 is 0 Å². The van der Waals surface area contributed by atoms with Crippen molar-refractivity contribution in [3.8, 4) is 23.6 Å². The molecular weight excluding hydrogens is 797 g/mol. The molecule has 2 saturated heterocycles. The average Bonchev–Trinajstić information content (AvgIpc) is 4.16. The number of nitrogens with two attached hydrogens (primary N) is 2. The number of amides is 2. The van der Waals surface area contributed by atoms with E-state index in [1.165, 1.54) is 73.6 Å². The summed E-state index contributed by atoms with van der Waals surface area (Å²) < 4.78 is 12.4. The summed E-state index contributed by atoms with van der Waals surface area (Å²) in [6, 6.07) is 30.5. The number of anilines is 1. The van der Waals surface area contributed by atoms with Crippen LogP contribution in [-0.4, -0.2) is 49.2 Å². The van der Waals surface area contributed by atoms with Gasteiger partial charge in [-0.05, 0) is 168 Å². The molecule has 5 aliphatic rings. The number of aryl methyl sites for hydroxylation is 4. The highest BCUT2D eigenvalue weighted by Gasteiger charge is 2.32. The molecule has 9 rings (SSSR count). The highest BCUT2D eigenvalue weighted by molar-refractivity contribution is 5.96. The minimum atomic E-state index is 0.105. The Balaban J connectivity index is 0.000000158. The van der Waals surface area contributed by atoms with Crippen molar-refractivity contribution in [3.63, 3.8) is 0 Å². The van der Waals surface area contributed by atoms with Gasteiger partial charge >= 0.3 is 0 Å². The number of carbonyl (C=O) groups excluding carboxylic acids is 2. The summed E-state index contributed by atoms with van der Waals surface area (Å²) in [4.78, 5) is 25.7. The molecule has 10 heteroatoms. The van der Waals surface area contributed by atoms with Crippen molar-refractivity contribution >= 4 is 17.5 Å². The van der Waals surface area contributed by atoms with Crippen molar-refractivity contribution in [2.45, 2.75) is 154 Å². The highest BCUT2D eigenvalue weighted by Crippen LogP contribution is 2.36. The molecule has 338 valence electrons. The van der Waals surface area contributed by atoms with Crippen LogP contribution in [0.2, 0.25) is 0 Å². The lowest BCUT2D eigenvalue weighted by atomic mass is 9.92. The van der Waals surface area contributed by atoms with Gasteiger partial charge in [0, 0.05) is 55.5 Å². The van der Waals surface area contributed by atoms with Crippen LogP contribution in [-0.2, 0) is 9.59 Å². The predicted molar refractivity (Wildman–Crippen MR) is 254 cm³/mol. The Labute approximate surface area is 381 Å². The number of benzene rings is 4. The average molecular weight is 865 g/mol. The van der Waals surface area contributed by atoms with Crippen molar-refractivity contribution in [2.24, 2.45) is 11.5 Å². The predicted octanol–water partition coefficient (Wildman–Crippen LogP) is 10.0. The minimum absolute atomic E-state index is 0.105. The fraction of sp³-hybridized carbons (Fsp3) is 0.481. The summed E-state index contributed by atoms with van der Waals surface area (Å²) in [5.74, 6) is 2.67. The van der Waals surface area contributed by atoms with E-state index in [0.29, 0.717) is 43.1 Å². The summed E-state index contributed by atoms with van der Waals surface area (Å²) in [5.41, 5.74) is 20.5. The van der Waals surface area contributed by atoms with Gasteiger partial charge in [-0.1, -0.05) is 49.2 Å². The Hall–Kier alpha value is -5.68. The fourth-order valence-electron chi connectivity index (χ4n) is 9.13. The van der Waals surface area contributed by atoms with Gasteiger partial charge in [0.2, 0.25) is 11.8 Å². The standard InChI is InChI=1S/C23H24N2O2.C16H21NO2.C9H9N.C6H14N2/c1-16-9-10-18(12-22(16)27-21-7-2-3-8-21)19-13-23(26)25(15-19)20-6-4-5-17(11-20)14-24;1-11-6-7-12(13-9-16(18)17-10-13)8-15(11)19-14-4-2-3-5-14;1-7-3-4-9(6-10)5-8(7)2;7-5-3-1-2-4-6(5)8/h4-6,9-12,19,21H,2-3,7-8,13,15H2,1H3;6-8,13-14H,2-5,9-10H2,1H3,(H,17,18);3-5H,1-2H3;5-6H,1-4,7-8H2/t19-;;;5-,6-/m0..0/s1. The SMILES string of the molecule is Cc1ccc(C#N)cc1C.Cc1ccc(C2CNC(=O)C2)cc1OC1CCCC1.Cc1ccc([C@H]2CC(=O)N(c3cccc(C#N)c3)C2)cc1OC1CCCC1.N[C@H]1CCCC[C@@H]1N. The van der Waals surface area contributed by atoms with Gasteiger partial charge in [-0.25, -0.2) is 0 Å². The largest absolute Gasteiger partial charge is 0.490 e. The zero-order valence-electron chi connectivity index (χ0n) is 38.4. The van der Waals surface area contributed by atoms with Gasteiger partial charge in [0.25, 0.3) is 0 Å². The number of nitrogens with one attached hydrogen (secondary N) is 1. The first-order chi connectivity index (χ1) is 30.9. The van der Waals surface area contributed by atoms with E-state index < -0.39 is 0 Å². The fourth-order valence-corrected chi connectivity index (χ4v) is 9.13. The smallest absolute Gasteiger partial charge is 0.227 e. The van der Waals surface area contributed by atoms with Crippen LogP contribution < -0.4 is 31.2 Å². The molecule has 0 aromatic heterocycles. The van der Waals surface area contributed by atoms with E-state index in [4.69, 9.17) is 31.5 Å². The van der Waals surface area contributed by atoms with E-state index in [9.17, 15) is 9.59 Å². The Morgan fingerprint density at radius 3 is 1.61 bits per heavy atom. The number of nitrogens with zero attached hydrogens (tertiary/aromatic N) is 3. The topological polar surface area (TPSA) is 167 Å². The molecule has 4 atom stereocenters. The zero-order chi connectivity index (χ0) is 45.6. The van der Waals surface area contributed by atoms with Gasteiger partial charge in [-0.2, -0.15) is 10.5 Å². The number of hydrogen-bond acceptors (Lipinski definition) is 8. The van der Waals surface area contributed by atoms with Gasteiger partial charge in [-0.3, -0.25) is 9.59 Å². The summed E-state index contributed by atoms with van der Waals surface area (Å²) >= 11 is 0. The molecule has 4 aromatic rings. The van der Waals surface area contributed by atoms with Crippen molar-refractivity contribution in [1.29, 1.82) is 10.5 Å². The lowest BCUT2D eigenvalue weighted by Gasteiger charge is -2.24. The normalized spacial score (nSPS) is 21.8. The van der Waals surface area contributed by atoms with Gasteiger partial charge in [-0.15, -0.1) is 0 Å². The van der Waals surface area contributed by atoms with Crippen LogP contribution in [0.4, 0.5) is 5.69 Å². The third-order valence-electron chi connectivity index (χ3n) is 13.5. The van der Waals surface area contributed by atoms with Gasteiger partial charge in [0.15, 0.2) is 0 Å². The number of nitriles is 2. The molecule has 0 spiro atoms. The van der Waals surface area contributed by atoms with E-state index in [1.807, 2.05) is 44.2 Å². The van der Waals surface area contributed by atoms with Crippen LogP contribution in [0.1, 0.15) is 146 Å². The molecular formula is C54H68N6O4. The monoisotopic (exact) mass is 865 g/mol. The van der Waals surface area contributed by atoms with Crippen LogP contribution in [0.5, 0.6) is 11.5 Å². The number of hydrogen-bond donors (Lipinski definition) is 3. The maximum Gasteiger partial charge on any atom is 0.227 e. The number of carbonyl (C=O) groups is 2. The lowest BCUT2D eigenvalue weighted by molar-refractivity contribution is -0.119. The molecule has 1 unspecified atom stereocenters. The summed E-state index contributed by atoms with van der Waals surface area (Å²) in [6.45, 7) is 9.61. The van der Waals surface area contributed by atoms with E-state index in [0.717, 1.165) is 66.1 Å². The van der Waals surface area contributed by atoms with Gasteiger partial charge < -0.3 is 31.2 Å². The molecule has 4 aromatic carbocycles. The van der Waals surface area contributed by atoms with Crippen molar-refractivity contribution < 1.29 is 19.1 Å². The molecule has 10 nitrogen and oxygen atoms in total. The summed E-state index contributed by atoms with van der Waals surface area (Å²) in [6.07, 6.45) is 16.3. The van der Waals surface area contributed by atoms with Crippen LogP contribution in [0.3, 0.4) is 0 Å². The molecule has 5 fully saturated rings. The first-order valence-electron chi connectivity index (χ1n) is 23.5. The Morgan fingerprint density at radius 1 is 0.594 bits per heavy atom. The Morgan fingerprint density at radius 2 is 1.11 bits per heavy atom. The molecule has 2 aliphatic heterocycles. The molecule has 3 aliphatic carbocycles. The Bertz CT molecular complexity index is 2270.